The number of aliphatic hydroxyl groups excluding tert-OH is 10. The SMILES string of the molecule is CC(=O)N[C@H]1C([C@H](O)[C@H](O)CO)O[C@@](OC2[C@@H](O)C(CO)O[C@@H](O[C@@H]3C(CO)O[C@@H](Oc4ccc([N+](=O)[O-])cc4)[C@@H](O)C3O)[C@H]2O)(C(=O)O)[C@@H](F)C1O. The molecule has 0 radical (unpaired) electrons. The lowest BCUT2D eigenvalue weighted by Gasteiger charge is -2.51. The fourth-order valence-electron chi connectivity index (χ4n) is 6.02. The fraction of sp³-hybridized carbons (Fsp3) is 0.724. The number of amides is 1. The molecule has 53 heavy (non-hydrogen) atoms. The molecule has 1 aromatic carbocycles. The van der Waals surface area contributed by atoms with E-state index in [-0.39, 0.29) is 11.4 Å². The maximum Gasteiger partial charge on any atom is 0.367 e. The van der Waals surface area contributed by atoms with E-state index < -0.39 is 140 Å². The molecule has 1 amide bonds. The van der Waals surface area contributed by atoms with Gasteiger partial charge in [-0.1, -0.05) is 0 Å². The van der Waals surface area contributed by atoms with Crippen molar-refractivity contribution in [3.63, 3.8) is 0 Å². The minimum atomic E-state index is -3.77. The number of carboxylic acids is 1. The molecule has 3 saturated heterocycles. The van der Waals surface area contributed by atoms with Gasteiger partial charge in [-0.05, 0) is 12.1 Å². The highest BCUT2D eigenvalue weighted by atomic mass is 19.1. The van der Waals surface area contributed by atoms with E-state index in [1.54, 1.807) is 0 Å². The van der Waals surface area contributed by atoms with Gasteiger partial charge in [0.25, 0.3) is 5.69 Å². The second-order valence-corrected chi connectivity index (χ2v) is 12.4. The number of carbonyl (C=O) groups is 2. The van der Waals surface area contributed by atoms with E-state index in [0.717, 1.165) is 31.2 Å². The van der Waals surface area contributed by atoms with Gasteiger partial charge in [-0.25, -0.2) is 9.18 Å². The molecule has 4 rings (SSSR count). The number of aliphatic hydroxyl groups is 10. The zero-order valence-electron chi connectivity index (χ0n) is 27.5. The Morgan fingerprint density at radius 1 is 0.925 bits per heavy atom. The number of carboxylic acid groups (broad SMARTS) is 1. The van der Waals surface area contributed by atoms with Gasteiger partial charge in [0.1, 0.15) is 79.0 Å². The number of benzene rings is 1. The summed E-state index contributed by atoms with van der Waals surface area (Å²) in [4.78, 5) is 34.7. The molecule has 3 fully saturated rings. The number of nitro benzene ring substituents is 1. The summed E-state index contributed by atoms with van der Waals surface area (Å²) < 4.78 is 48.6. The van der Waals surface area contributed by atoms with Crippen LogP contribution in [0.15, 0.2) is 24.3 Å². The first-order valence-corrected chi connectivity index (χ1v) is 15.9. The lowest BCUT2D eigenvalue weighted by atomic mass is 9.86. The molecule has 3 heterocycles. The minimum absolute atomic E-state index is 0.0636. The van der Waals surface area contributed by atoms with Crippen molar-refractivity contribution in [2.75, 3.05) is 19.8 Å². The Labute approximate surface area is 297 Å². The summed E-state index contributed by atoms with van der Waals surface area (Å²) in [5.74, 6) is -7.15. The van der Waals surface area contributed by atoms with Crippen molar-refractivity contribution in [3.8, 4) is 5.75 Å². The Morgan fingerprint density at radius 2 is 1.53 bits per heavy atom. The molecule has 3 aliphatic heterocycles. The lowest BCUT2D eigenvalue weighted by molar-refractivity contribution is -0.393. The van der Waals surface area contributed by atoms with Crippen LogP contribution < -0.4 is 10.1 Å². The molecule has 0 aliphatic carbocycles. The fourth-order valence-corrected chi connectivity index (χ4v) is 6.02. The van der Waals surface area contributed by atoms with Gasteiger partial charge in [-0.3, -0.25) is 14.9 Å². The van der Waals surface area contributed by atoms with Crippen molar-refractivity contribution in [3.05, 3.63) is 34.4 Å². The molecule has 0 aromatic heterocycles. The third-order valence-electron chi connectivity index (χ3n) is 8.83. The first kappa shape index (κ1) is 42.4. The number of nitro groups is 1. The van der Waals surface area contributed by atoms with Crippen LogP contribution in [0.2, 0.25) is 0 Å². The van der Waals surface area contributed by atoms with Gasteiger partial charge in [0.2, 0.25) is 12.2 Å². The molecule has 12 N–H and O–H groups in total. The molecule has 17 atom stereocenters. The average Bonchev–Trinajstić information content (AvgIpc) is 3.12. The van der Waals surface area contributed by atoms with Gasteiger partial charge >= 0.3 is 11.8 Å². The Morgan fingerprint density at radius 3 is 2.06 bits per heavy atom. The van der Waals surface area contributed by atoms with Crippen molar-refractivity contribution < 1.29 is 103 Å². The Hall–Kier alpha value is -3.31. The number of ether oxygens (including phenoxy) is 6. The van der Waals surface area contributed by atoms with Gasteiger partial charge in [0.15, 0.2) is 12.5 Å². The number of hydrogen-bond acceptors (Lipinski definition) is 20. The maximum atomic E-state index is 16.0. The third kappa shape index (κ3) is 8.66. The van der Waals surface area contributed by atoms with Gasteiger partial charge in [0.05, 0.1) is 30.8 Å². The summed E-state index contributed by atoms with van der Waals surface area (Å²) in [7, 11) is 0. The van der Waals surface area contributed by atoms with Gasteiger partial charge in [-0.15, -0.1) is 0 Å². The monoisotopic (exact) mass is 772 g/mol. The van der Waals surface area contributed by atoms with Crippen LogP contribution in [0, 0.1) is 10.1 Å². The number of non-ortho nitro benzene ring substituents is 1. The van der Waals surface area contributed by atoms with Crippen molar-refractivity contribution in [1.29, 1.82) is 0 Å². The van der Waals surface area contributed by atoms with Crippen LogP contribution in [0.5, 0.6) is 5.75 Å². The van der Waals surface area contributed by atoms with Crippen LogP contribution in [0.25, 0.3) is 0 Å². The Balaban J connectivity index is 1.60. The lowest BCUT2D eigenvalue weighted by Crippen LogP contribution is -2.75. The van der Waals surface area contributed by atoms with E-state index in [0.29, 0.717) is 0 Å². The van der Waals surface area contributed by atoms with Gasteiger partial charge < -0.3 is 89.9 Å². The molecule has 0 saturated carbocycles. The standard InChI is InChI=1S/C29H41FN2O21/c1-9(36)31-15-18(40)25(30)29(28(44)45,52-23(15)16(38)12(37)6-33)53-24-17(39)13(7-34)49-27(21(24)43)51-22-14(8-35)50-26(20(42)19(22)41)48-11-4-2-10(3-5-11)32(46)47/h2-5,12-27,33-35,37-43H,6-8H2,1H3,(H,31,36)(H,44,45)/t12-,13?,14?,15-,16-,17+,18?,19?,20+,21+,22-,23?,24?,25+,26-,27+,29+/m1/s1. The average molecular weight is 773 g/mol. The number of hydrogen-bond donors (Lipinski definition) is 12. The largest absolute Gasteiger partial charge is 0.477 e. The Kier molecular flexibility index (Phi) is 14.0. The van der Waals surface area contributed by atoms with Gasteiger partial charge in [-0.2, -0.15) is 0 Å². The molecule has 0 spiro atoms. The molecular formula is C29H41FN2O21. The molecule has 6 unspecified atom stereocenters. The van der Waals surface area contributed by atoms with E-state index >= 15 is 4.39 Å². The van der Waals surface area contributed by atoms with Crippen LogP contribution in [-0.2, 0) is 33.3 Å². The highest BCUT2D eigenvalue weighted by Crippen LogP contribution is 2.40. The summed E-state index contributed by atoms with van der Waals surface area (Å²) in [6, 6.07) is 2.49. The zero-order chi connectivity index (χ0) is 39.5. The van der Waals surface area contributed by atoms with E-state index in [1.165, 1.54) is 0 Å². The van der Waals surface area contributed by atoms with Crippen molar-refractivity contribution in [1.82, 2.24) is 5.32 Å². The first-order chi connectivity index (χ1) is 24.9. The second kappa shape index (κ2) is 17.4. The summed E-state index contributed by atoms with van der Waals surface area (Å²) in [6.45, 7) is -2.32. The maximum absolute atomic E-state index is 16.0. The first-order valence-electron chi connectivity index (χ1n) is 15.9. The molecular weight excluding hydrogens is 731 g/mol. The van der Waals surface area contributed by atoms with Crippen molar-refractivity contribution >= 4 is 17.6 Å². The quantitative estimate of drug-likeness (QED) is 0.0618. The minimum Gasteiger partial charge on any atom is -0.477 e. The van der Waals surface area contributed by atoms with Crippen molar-refractivity contribution in [2.45, 2.75) is 111 Å². The van der Waals surface area contributed by atoms with E-state index in [2.05, 4.69) is 0 Å². The molecule has 0 bridgehead atoms. The smallest absolute Gasteiger partial charge is 0.367 e. The van der Waals surface area contributed by atoms with Crippen molar-refractivity contribution in [2.24, 2.45) is 0 Å². The third-order valence-corrected chi connectivity index (χ3v) is 8.83. The Bertz CT molecular complexity index is 1410. The summed E-state index contributed by atoms with van der Waals surface area (Å²) >= 11 is 0. The number of carbonyl (C=O) groups excluding carboxylic acids is 1. The highest BCUT2D eigenvalue weighted by Gasteiger charge is 2.65. The molecule has 1 aromatic rings. The second-order valence-electron chi connectivity index (χ2n) is 12.4. The van der Waals surface area contributed by atoms with E-state index in [9.17, 15) is 75.9 Å². The van der Waals surface area contributed by atoms with E-state index in [1.807, 2.05) is 5.32 Å². The predicted molar refractivity (Wildman–Crippen MR) is 162 cm³/mol. The molecule has 300 valence electrons. The van der Waals surface area contributed by atoms with Crippen LogP contribution >= 0.6 is 0 Å². The number of alkyl halides is 1. The molecule has 3 aliphatic rings. The van der Waals surface area contributed by atoms with E-state index in [4.69, 9.17) is 28.4 Å². The van der Waals surface area contributed by atoms with Crippen LogP contribution in [0.1, 0.15) is 6.92 Å². The summed E-state index contributed by atoms with van der Waals surface area (Å²) in [5.41, 5.74) is -0.293. The zero-order valence-corrected chi connectivity index (χ0v) is 27.5. The summed E-state index contributed by atoms with van der Waals surface area (Å²) in [5, 5.41) is 128. The summed E-state index contributed by atoms with van der Waals surface area (Å²) in [6.07, 6.45) is -32.7. The normalized spacial score (nSPS) is 40.2. The van der Waals surface area contributed by atoms with Gasteiger partial charge in [0, 0.05) is 19.1 Å². The number of aliphatic carboxylic acids is 1. The topological polar surface area (TPSA) is 367 Å². The predicted octanol–water partition coefficient (Wildman–Crippen LogP) is -6.28. The number of rotatable bonds is 14. The number of nitrogens with one attached hydrogen (secondary N) is 1. The highest BCUT2D eigenvalue weighted by molar-refractivity contribution is 5.77. The van der Waals surface area contributed by atoms with Crippen LogP contribution in [0.3, 0.4) is 0 Å². The van der Waals surface area contributed by atoms with Crippen LogP contribution in [-0.4, -0.2) is 197 Å². The number of halogens is 1. The molecule has 23 nitrogen and oxygen atoms in total. The molecule has 24 heteroatoms. The van der Waals surface area contributed by atoms with Crippen LogP contribution in [0.4, 0.5) is 10.1 Å². The number of nitrogens with zero attached hydrogens (tertiary/aromatic N) is 1.